The van der Waals surface area contributed by atoms with Gasteiger partial charge >= 0.3 is 0 Å². The van der Waals surface area contributed by atoms with E-state index in [1.54, 1.807) is 6.20 Å². The molecule has 0 saturated carbocycles. The molecule has 0 radical (unpaired) electrons. The first kappa shape index (κ1) is 11.8. The number of ether oxygens (including phenoxy) is 1. The van der Waals surface area contributed by atoms with E-state index in [1.165, 1.54) is 5.56 Å². The van der Waals surface area contributed by atoms with Gasteiger partial charge in [-0.15, -0.1) is 11.6 Å². The van der Waals surface area contributed by atoms with E-state index in [2.05, 4.69) is 16.4 Å². The average molecular weight is 241 g/mol. The summed E-state index contributed by atoms with van der Waals surface area (Å²) in [6, 6.07) is 4.02. The number of alkyl halides is 1. The lowest BCUT2D eigenvalue weighted by Crippen LogP contribution is -2.50. The highest BCUT2D eigenvalue weighted by Crippen LogP contribution is 2.22. The van der Waals surface area contributed by atoms with Gasteiger partial charge in [-0.3, -0.25) is 4.98 Å². The van der Waals surface area contributed by atoms with Crippen LogP contribution >= 0.6 is 11.6 Å². The number of hydrogen-bond acceptors (Lipinski definition) is 3. The highest BCUT2D eigenvalue weighted by atomic mass is 35.5. The van der Waals surface area contributed by atoms with Crippen molar-refractivity contribution < 1.29 is 4.74 Å². The summed E-state index contributed by atoms with van der Waals surface area (Å²) in [6.45, 7) is 2.42. The number of hydrogen-bond donors (Lipinski definition) is 1. The van der Waals surface area contributed by atoms with Crippen molar-refractivity contribution in [1.82, 2.24) is 10.3 Å². The summed E-state index contributed by atoms with van der Waals surface area (Å²) in [5.74, 6) is 0.636. The molecule has 3 nitrogen and oxygen atoms in total. The van der Waals surface area contributed by atoms with Crippen LogP contribution in [-0.4, -0.2) is 29.6 Å². The third-order valence-electron chi connectivity index (χ3n) is 3.10. The molecule has 0 unspecified atom stereocenters. The van der Waals surface area contributed by atoms with E-state index in [0.29, 0.717) is 5.88 Å². The van der Waals surface area contributed by atoms with Gasteiger partial charge in [-0.05, 0) is 24.5 Å². The van der Waals surface area contributed by atoms with Crippen LogP contribution in [0.1, 0.15) is 18.4 Å². The molecular formula is C12H17ClN2O. The van der Waals surface area contributed by atoms with Gasteiger partial charge in [0.05, 0.1) is 0 Å². The topological polar surface area (TPSA) is 34.2 Å². The molecule has 0 amide bonds. The van der Waals surface area contributed by atoms with Gasteiger partial charge in [0.1, 0.15) is 0 Å². The van der Waals surface area contributed by atoms with Crippen molar-refractivity contribution in [2.24, 2.45) is 0 Å². The minimum absolute atomic E-state index is 0.0373. The third-order valence-corrected chi connectivity index (χ3v) is 3.61. The summed E-state index contributed by atoms with van der Waals surface area (Å²) in [6.07, 6.45) is 5.64. The van der Waals surface area contributed by atoms with Crippen LogP contribution in [0.3, 0.4) is 0 Å². The van der Waals surface area contributed by atoms with Crippen LogP contribution in [0, 0.1) is 0 Å². The third kappa shape index (κ3) is 2.94. The van der Waals surface area contributed by atoms with Gasteiger partial charge in [0.25, 0.3) is 0 Å². The molecule has 2 rings (SSSR count). The molecule has 1 saturated heterocycles. The average Bonchev–Trinajstić information content (AvgIpc) is 2.39. The normalized spacial score (nSPS) is 19.6. The zero-order valence-corrected chi connectivity index (χ0v) is 10.0. The van der Waals surface area contributed by atoms with Crippen LogP contribution in [0.15, 0.2) is 24.5 Å². The van der Waals surface area contributed by atoms with Crippen molar-refractivity contribution in [3.8, 4) is 0 Å². The molecule has 0 aliphatic carbocycles. The highest BCUT2D eigenvalue weighted by molar-refractivity contribution is 6.18. The standard InChI is InChI=1S/C12H17ClN2O/c13-10-12(3-6-16-7-4-12)15-9-11-2-1-5-14-8-11/h1-2,5,8,15H,3-4,6-7,9-10H2. The van der Waals surface area contributed by atoms with E-state index in [9.17, 15) is 0 Å². The Morgan fingerprint density at radius 1 is 1.44 bits per heavy atom. The Labute approximate surface area is 101 Å². The van der Waals surface area contributed by atoms with Crippen molar-refractivity contribution >= 4 is 11.6 Å². The van der Waals surface area contributed by atoms with Crippen LogP contribution in [0.4, 0.5) is 0 Å². The number of rotatable bonds is 4. The minimum Gasteiger partial charge on any atom is -0.381 e. The van der Waals surface area contributed by atoms with E-state index < -0.39 is 0 Å². The van der Waals surface area contributed by atoms with E-state index >= 15 is 0 Å². The van der Waals surface area contributed by atoms with Gasteiger partial charge in [-0.25, -0.2) is 0 Å². The first-order chi connectivity index (χ1) is 7.85. The number of aromatic nitrogens is 1. The number of halogens is 1. The maximum atomic E-state index is 6.07. The summed E-state index contributed by atoms with van der Waals surface area (Å²) in [7, 11) is 0. The highest BCUT2D eigenvalue weighted by Gasteiger charge is 2.30. The molecule has 88 valence electrons. The van der Waals surface area contributed by atoms with Crippen LogP contribution < -0.4 is 5.32 Å². The Bertz CT molecular complexity index is 312. The molecular weight excluding hydrogens is 224 g/mol. The van der Waals surface area contributed by atoms with Crippen LogP contribution in [0.5, 0.6) is 0 Å². The molecule has 4 heteroatoms. The molecule has 1 N–H and O–H groups in total. The predicted octanol–water partition coefficient (Wildman–Crippen LogP) is 1.96. The second-order valence-electron chi connectivity index (χ2n) is 4.24. The van der Waals surface area contributed by atoms with Gasteiger partial charge in [-0.2, -0.15) is 0 Å². The molecule has 16 heavy (non-hydrogen) atoms. The van der Waals surface area contributed by atoms with E-state index in [4.69, 9.17) is 16.3 Å². The summed E-state index contributed by atoms with van der Waals surface area (Å²) in [5, 5.41) is 3.55. The van der Waals surface area contributed by atoms with Crippen molar-refractivity contribution in [2.75, 3.05) is 19.1 Å². The van der Waals surface area contributed by atoms with Crippen molar-refractivity contribution in [3.05, 3.63) is 30.1 Å². The van der Waals surface area contributed by atoms with Gasteiger partial charge < -0.3 is 10.1 Å². The summed E-state index contributed by atoms with van der Waals surface area (Å²) in [5.41, 5.74) is 1.23. The van der Waals surface area contributed by atoms with Gasteiger partial charge in [0.2, 0.25) is 0 Å². The molecule has 0 atom stereocenters. The zero-order valence-electron chi connectivity index (χ0n) is 9.29. The molecule has 0 bridgehead atoms. The van der Waals surface area contributed by atoms with Crippen LogP contribution in [-0.2, 0) is 11.3 Å². The monoisotopic (exact) mass is 240 g/mol. The Balaban J connectivity index is 1.92. The summed E-state index contributed by atoms with van der Waals surface area (Å²) < 4.78 is 5.37. The maximum Gasteiger partial charge on any atom is 0.0484 e. The lowest BCUT2D eigenvalue weighted by molar-refractivity contribution is 0.0459. The molecule has 0 spiro atoms. The molecule has 0 aromatic carbocycles. The molecule has 1 fully saturated rings. The minimum atomic E-state index is 0.0373. The van der Waals surface area contributed by atoms with Crippen molar-refractivity contribution in [2.45, 2.75) is 24.9 Å². The quantitative estimate of drug-likeness (QED) is 0.817. The SMILES string of the molecule is ClCC1(NCc2cccnc2)CCOCC1. The maximum absolute atomic E-state index is 6.07. The molecule has 1 aromatic heterocycles. The lowest BCUT2D eigenvalue weighted by atomic mass is 9.92. The number of nitrogens with one attached hydrogen (secondary N) is 1. The summed E-state index contributed by atoms with van der Waals surface area (Å²) >= 11 is 6.07. The first-order valence-electron chi connectivity index (χ1n) is 5.62. The van der Waals surface area contributed by atoms with Gasteiger partial charge in [-0.1, -0.05) is 6.07 Å². The Kier molecular flexibility index (Phi) is 4.16. The first-order valence-corrected chi connectivity index (χ1v) is 6.16. The van der Waals surface area contributed by atoms with Crippen molar-refractivity contribution in [3.63, 3.8) is 0 Å². The van der Waals surface area contributed by atoms with Gasteiger partial charge in [0, 0.05) is 43.6 Å². The van der Waals surface area contributed by atoms with E-state index in [0.717, 1.165) is 32.6 Å². The summed E-state index contributed by atoms with van der Waals surface area (Å²) in [4.78, 5) is 4.10. The van der Waals surface area contributed by atoms with Crippen molar-refractivity contribution in [1.29, 1.82) is 0 Å². The van der Waals surface area contributed by atoms with Gasteiger partial charge in [0.15, 0.2) is 0 Å². The fraction of sp³-hybridized carbons (Fsp3) is 0.583. The van der Waals surface area contributed by atoms with E-state index in [-0.39, 0.29) is 5.54 Å². The predicted molar refractivity (Wildman–Crippen MR) is 64.6 cm³/mol. The fourth-order valence-corrected chi connectivity index (χ4v) is 2.27. The lowest BCUT2D eigenvalue weighted by Gasteiger charge is -2.36. The molecule has 1 aromatic rings. The Morgan fingerprint density at radius 2 is 2.25 bits per heavy atom. The fourth-order valence-electron chi connectivity index (χ4n) is 1.91. The number of pyridine rings is 1. The van der Waals surface area contributed by atoms with E-state index in [1.807, 2.05) is 12.3 Å². The van der Waals surface area contributed by atoms with Crippen LogP contribution in [0.2, 0.25) is 0 Å². The second-order valence-corrected chi connectivity index (χ2v) is 4.51. The second kappa shape index (κ2) is 5.62. The van der Waals surface area contributed by atoms with Crippen LogP contribution in [0.25, 0.3) is 0 Å². The Morgan fingerprint density at radius 3 is 2.88 bits per heavy atom. The molecule has 1 aliphatic heterocycles. The molecule has 2 heterocycles. The Hall–Kier alpha value is -0.640. The molecule has 1 aliphatic rings. The number of nitrogens with zero attached hydrogens (tertiary/aromatic N) is 1. The zero-order chi connectivity index (χ0) is 11.3. The smallest absolute Gasteiger partial charge is 0.0484 e. The largest absolute Gasteiger partial charge is 0.381 e.